The highest BCUT2D eigenvalue weighted by Gasteiger charge is 2.19. The smallest absolute Gasteiger partial charge is 0.331 e. The maximum atomic E-state index is 12.3. The molecule has 3 aromatic rings. The maximum Gasteiger partial charge on any atom is 0.331 e. The van der Waals surface area contributed by atoms with Gasteiger partial charge in [-0.1, -0.05) is 47.5 Å². The molecule has 0 fully saturated rings. The van der Waals surface area contributed by atoms with Gasteiger partial charge >= 0.3 is 5.97 Å². The van der Waals surface area contributed by atoms with Crippen LogP contribution in [0.2, 0.25) is 10.0 Å². The van der Waals surface area contributed by atoms with Gasteiger partial charge in [-0.25, -0.2) is 9.48 Å². The Hall–Kier alpha value is -3.09. The van der Waals surface area contributed by atoms with Crippen molar-refractivity contribution in [2.75, 3.05) is 5.32 Å². The van der Waals surface area contributed by atoms with Crippen molar-refractivity contribution in [3.8, 4) is 5.69 Å². The lowest BCUT2D eigenvalue weighted by Gasteiger charge is -2.13. The van der Waals surface area contributed by atoms with Crippen molar-refractivity contribution < 1.29 is 14.3 Å². The van der Waals surface area contributed by atoms with Crippen LogP contribution in [0.1, 0.15) is 23.9 Å². The number of ether oxygens (including phenoxy) is 1. The fourth-order valence-corrected chi connectivity index (χ4v) is 3.32. The zero-order chi connectivity index (χ0) is 22.5. The quantitative estimate of drug-likeness (QED) is 0.398. The lowest BCUT2D eigenvalue weighted by molar-refractivity contribution is -0.148. The van der Waals surface area contributed by atoms with Crippen LogP contribution in [0.5, 0.6) is 0 Å². The fraction of sp³-hybridized carbons (Fsp3) is 0.174. The minimum atomic E-state index is -1.03. The molecule has 0 bridgehead atoms. The third-order valence-electron chi connectivity index (χ3n) is 4.61. The molecule has 31 heavy (non-hydrogen) atoms. The minimum absolute atomic E-state index is 0.220. The van der Waals surface area contributed by atoms with Gasteiger partial charge in [0.1, 0.15) is 0 Å². The molecule has 160 valence electrons. The van der Waals surface area contributed by atoms with Crippen LogP contribution >= 0.6 is 23.2 Å². The van der Waals surface area contributed by atoms with E-state index in [0.29, 0.717) is 10.7 Å². The second-order valence-corrected chi connectivity index (χ2v) is 7.62. The van der Waals surface area contributed by atoms with E-state index >= 15 is 0 Å². The minimum Gasteiger partial charge on any atom is -0.449 e. The summed E-state index contributed by atoms with van der Waals surface area (Å²) in [6, 6.07) is 14.6. The number of hydrogen-bond acceptors (Lipinski definition) is 4. The molecule has 0 aliphatic heterocycles. The van der Waals surface area contributed by atoms with Crippen LogP contribution in [-0.2, 0) is 14.3 Å². The van der Waals surface area contributed by atoms with Crippen LogP contribution in [-0.4, -0.2) is 27.8 Å². The summed E-state index contributed by atoms with van der Waals surface area (Å²) in [5.74, 6) is -1.17. The number of amides is 1. The van der Waals surface area contributed by atoms with Crippen LogP contribution in [0.25, 0.3) is 11.8 Å². The van der Waals surface area contributed by atoms with Gasteiger partial charge < -0.3 is 10.1 Å². The topological polar surface area (TPSA) is 73.2 Å². The maximum absolute atomic E-state index is 12.3. The van der Waals surface area contributed by atoms with E-state index in [9.17, 15) is 9.59 Å². The third kappa shape index (κ3) is 5.34. The van der Waals surface area contributed by atoms with Crippen molar-refractivity contribution in [2.24, 2.45) is 0 Å². The number of rotatable bonds is 6. The number of hydrogen-bond donors (Lipinski definition) is 1. The van der Waals surface area contributed by atoms with Gasteiger partial charge in [-0.15, -0.1) is 0 Å². The predicted octanol–water partition coefficient (Wildman–Crippen LogP) is 5.38. The van der Waals surface area contributed by atoms with Gasteiger partial charge in [-0.05, 0) is 51.1 Å². The number of carbonyl (C=O) groups excluding carboxylic acids is 2. The predicted molar refractivity (Wildman–Crippen MR) is 123 cm³/mol. The number of halogens is 2. The van der Waals surface area contributed by atoms with E-state index in [1.165, 1.54) is 13.0 Å². The van der Waals surface area contributed by atoms with Crippen LogP contribution in [0, 0.1) is 13.8 Å². The third-order valence-corrected chi connectivity index (χ3v) is 5.42. The van der Waals surface area contributed by atoms with Gasteiger partial charge in [-0.2, -0.15) is 5.10 Å². The average molecular weight is 458 g/mol. The van der Waals surface area contributed by atoms with Crippen LogP contribution < -0.4 is 5.32 Å². The summed E-state index contributed by atoms with van der Waals surface area (Å²) in [5.41, 5.74) is 3.73. The molecule has 6 nitrogen and oxygen atoms in total. The number of benzene rings is 2. The number of aryl methyl sites for hydroxylation is 1. The van der Waals surface area contributed by atoms with E-state index < -0.39 is 18.0 Å². The number of nitrogens with one attached hydrogen (secondary N) is 1. The molecular formula is C23H21Cl2N3O3. The summed E-state index contributed by atoms with van der Waals surface area (Å²) < 4.78 is 7.02. The molecule has 2 aromatic carbocycles. The van der Waals surface area contributed by atoms with Gasteiger partial charge in [0.15, 0.2) is 6.10 Å². The molecular weight excluding hydrogens is 437 g/mol. The highest BCUT2D eigenvalue weighted by Crippen LogP contribution is 2.29. The molecule has 1 unspecified atom stereocenters. The zero-order valence-electron chi connectivity index (χ0n) is 17.2. The van der Waals surface area contributed by atoms with Crippen molar-refractivity contribution in [3.05, 3.63) is 81.6 Å². The lowest BCUT2D eigenvalue weighted by atomic mass is 10.2. The van der Waals surface area contributed by atoms with Gasteiger partial charge in [-0.3, -0.25) is 4.79 Å². The number of aromatic nitrogens is 2. The van der Waals surface area contributed by atoms with Crippen LogP contribution in [0.3, 0.4) is 0 Å². The molecule has 1 heterocycles. The van der Waals surface area contributed by atoms with Crippen LogP contribution in [0.4, 0.5) is 5.69 Å². The molecule has 1 N–H and O–H groups in total. The van der Waals surface area contributed by atoms with E-state index in [-0.39, 0.29) is 5.02 Å². The van der Waals surface area contributed by atoms with E-state index in [4.69, 9.17) is 27.9 Å². The monoisotopic (exact) mass is 457 g/mol. The van der Waals surface area contributed by atoms with Gasteiger partial charge in [0.2, 0.25) is 0 Å². The van der Waals surface area contributed by atoms with Crippen molar-refractivity contribution in [1.82, 2.24) is 9.78 Å². The van der Waals surface area contributed by atoms with Gasteiger partial charge in [0.25, 0.3) is 5.91 Å². The second kappa shape index (κ2) is 9.81. The van der Waals surface area contributed by atoms with E-state index in [1.54, 1.807) is 24.3 Å². The Balaban J connectivity index is 1.66. The molecule has 0 radical (unpaired) electrons. The number of esters is 1. The molecule has 3 rings (SSSR count). The van der Waals surface area contributed by atoms with Crippen molar-refractivity contribution >= 4 is 46.8 Å². The Morgan fingerprint density at radius 2 is 1.81 bits per heavy atom. The van der Waals surface area contributed by atoms with Crippen molar-refractivity contribution in [3.63, 3.8) is 0 Å². The zero-order valence-corrected chi connectivity index (χ0v) is 18.7. The first kappa shape index (κ1) is 22.6. The van der Waals surface area contributed by atoms with Gasteiger partial charge in [0.05, 0.1) is 27.1 Å². The number of para-hydroxylation sites is 1. The molecule has 0 aliphatic rings. The molecule has 1 atom stereocenters. The van der Waals surface area contributed by atoms with Crippen LogP contribution in [0.15, 0.2) is 54.6 Å². The molecule has 0 saturated heterocycles. The van der Waals surface area contributed by atoms with E-state index in [1.807, 2.05) is 48.9 Å². The molecule has 1 amide bonds. The molecule has 0 aliphatic carbocycles. The normalized spacial score (nSPS) is 12.0. The Bertz CT molecular complexity index is 1140. The molecule has 0 saturated carbocycles. The SMILES string of the molecule is Cc1nn(-c2ccccc2)c(C)c1/C=C/C(=O)OC(C)C(=O)Nc1cccc(Cl)c1Cl. The first-order valence-electron chi connectivity index (χ1n) is 9.53. The first-order chi connectivity index (χ1) is 14.8. The number of carbonyl (C=O) groups is 2. The standard InChI is InChI=1S/C23H21Cl2N3O3/c1-14-18(15(2)28(27-14)17-8-5-4-6-9-17)12-13-21(29)31-16(3)23(30)26-20-11-7-10-19(24)22(20)25/h4-13,16H,1-3H3,(H,26,30)/b13-12+. The Morgan fingerprint density at radius 3 is 2.52 bits per heavy atom. The first-order valence-corrected chi connectivity index (χ1v) is 10.3. The molecule has 0 spiro atoms. The van der Waals surface area contributed by atoms with Gasteiger partial charge in [0, 0.05) is 17.3 Å². The lowest BCUT2D eigenvalue weighted by Crippen LogP contribution is -2.29. The fourth-order valence-electron chi connectivity index (χ4n) is 2.97. The molecule has 8 heteroatoms. The van der Waals surface area contributed by atoms with E-state index in [0.717, 1.165) is 22.6 Å². The highest BCUT2D eigenvalue weighted by atomic mass is 35.5. The Labute approximate surface area is 190 Å². The summed E-state index contributed by atoms with van der Waals surface area (Å²) in [7, 11) is 0. The summed E-state index contributed by atoms with van der Waals surface area (Å²) in [5, 5.41) is 7.67. The number of anilines is 1. The summed E-state index contributed by atoms with van der Waals surface area (Å²) in [6.07, 6.45) is 1.89. The van der Waals surface area contributed by atoms with Crippen molar-refractivity contribution in [2.45, 2.75) is 26.9 Å². The summed E-state index contributed by atoms with van der Waals surface area (Å²) in [4.78, 5) is 24.6. The Kier molecular flexibility index (Phi) is 7.15. The summed E-state index contributed by atoms with van der Waals surface area (Å²) in [6.45, 7) is 5.26. The van der Waals surface area contributed by atoms with Crippen molar-refractivity contribution in [1.29, 1.82) is 0 Å². The largest absolute Gasteiger partial charge is 0.449 e. The Morgan fingerprint density at radius 1 is 1.10 bits per heavy atom. The highest BCUT2D eigenvalue weighted by molar-refractivity contribution is 6.44. The second-order valence-electron chi connectivity index (χ2n) is 6.83. The van der Waals surface area contributed by atoms with E-state index in [2.05, 4.69) is 10.4 Å². The molecule has 1 aromatic heterocycles. The summed E-state index contributed by atoms with van der Waals surface area (Å²) >= 11 is 12.0. The average Bonchev–Trinajstić information content (AvgIpc) is 3.03. The number of nitrogens with zero attached hydrogens (tertiary/aromatic N) is 2.